The van der Waals surface area contributed by atoms with E-state index in [1.54, 1.807) is 5.56 Å². The minimum absolute atomic E-state index is 0.248. The molecule has 1 aromatic heterocycles. The van der Waals surface area contributed by atoms with Crippen molar-refractivity contribution in [3.05, 3.63) is 203 Å². The predicted octanol–water partition coefficient (Wildman–Crippen LogP) is 12.6. The molecule has 0 saturated heterocycles. The van der Waals surface area contributed by atoms with Gasteiger partial charge in [0.1, 0.15) is 0 Å². The number of fused-ring (bicyclic) bond motifs is 8. The molecule has 12 rings (SSSR count). The number of aryl methyl sites for hydroxylation is 3. The first-order valence-corrected chi connectivity index (χ1v) is 19.5. The van der Waals surface area contributed by atoms with Crippen molar-refractivity contribution in [1.29, 1.82) is 0 Å². The molecule has 7 aromatic carbocycles. The Bertz CT molecular complexity index is 2860. The highest BCUT2D eigenvalue weighted by Crippen LogP contribution is 2.57. The van der Waals surface area contributed by atoms with Crippen LogP contribution in [-0.2, 0) is 25.7 Å². The monoisotopic (exact) mass is 690 g/mol. The number of nitrogens with zero attached hydrogens (tertiary/aromatic N) is 2. The Labute approximate surface area is 316 Å². The Morgan fingerprint density at radius 3 is 1.87 bits per heavy atom. The van der Waals surface area contributed by atoms with Gasteiger partial charge in [-0.1, -0.05) is 127 Å². The Kier molecular flexibility index (Phi) is 6.45. The van der Waals surface area contributed by atoms with Crippen molar-refractivity contribution in [1.82, 2.24) is 4.57 Å². The fourth-order valence-electron chi connectivity index (χ4n) is 10.4. The average molecular weight is 691 g/mol. The lowest BCUT2D eigenvalue weighted by atomic mass is 9.72. The maximum Gasteiger partial charge on any atom is 0.0630 e. The quantitative estimate of drug-likeness (QED) is 0.178. The van der Waals surface area contributed by atoms with Gasteiger partial charge in [-0.05, 0) is 129 Å². The number of aromatic nitrogens is 1. The van der Waals surface area contributed by atoms with Crippen molar-refractivity contribution < 1.29 is 0 Å². The molecule has 54 heavy (non-hydrogen) atoms. The third-order valence-electron chi connectivity index (χ3n) is 12.6. The van der Waals surface area contributed by atoms with E-state index in [0.717, 1.165) is 25.7 Å². The molecule has 0 amide bonds. The molecule has 1 aliphatic heterocycles. The summed E-state index contributed by atoms with van der Waals surface area (Å²) in [6, 6.07) is 56.4. The average Bonchev–Trinajstić information content (AvgIpc) is 3.75. The third kappa shape index (κ3) is 4.28. The van der Waals surface area contributed by atoms with E-state index >= 15 is 0 Å². The molecule has 3 aliphatic carbocycles. The van der Waals surface area contributed by atoms with Crippen molar-refractivity contribution in [2.24, 2.45) is 0 Å². The number of rotatable bonds is 4. The highest BCUT2D eigenvalue weighted by atomic mass is 15.2. The van der Waals surface area contributed by atoms with E-state index in [1.165, 1.54) is 94.5 Å². The Morgan fingerprint density at radius 2 is 1.13 bits per heavy atom. The van der Waals surface area contributed by atoms with Gasteiger partial charge in [-0.15, -0.1) is 0 Å². The first kappa shape index (κ1) is 30.1. The topological polar surface area (TPSA) is 8.17 Å². The summed E-state index contributed by atoms with van der Waals surface area (Å²) in [5.74, 6) is 0.298. The van der Waals surface area contributed by atoms with Crippen LogP contribution in [0, 0.1) is 0 Å². The second-order valence-corrected chi connectivity index (χ2v) is 15.5. The molecule has 0 fully saturated rings. The molecule has 2 heteroatoms. The number of hydrogen-bond acceptors (Lipinski definition) is 1. The van der Waals surface area contributed by atoms with Gasteiger partial charge in [-0.2, -0.15) is 0 Å². The van der Waals surface area contributed by atoms with Crippen LogP contribution in [0.5, 0.6) is 0 Å². The molecule has 4 aliphatic rings. The Balaban J connectivity index is 1.12. The summed E-state index contributed by atoms with van der Waals surface area (Å²) in [5, 5.41) is 2.72. The van der Waals surface area contributed by atoms with Gasteiger partial charge in [-0.3, -0.25) is 0 Å². The zero-order valence-electron chi connectivity index (χ0n) is 30.0. The first-order valence-electron chi connectivity index (χ1n) is 19.5. The maximum atomic E-state index is 2.67. The van der Waals surface area contributed by atoms with Crippen LogP contribution < -0.4 is 4.90 Å². The number of anilines is 2. The SMILES string of the molecule is C1=CC2C(C=C1c1ccccc1)c1cc3c4c(c1N2c1ccccc1)CCc1cc2c5cc(-c6ccccc6)ccc5n(-c5ccccc5)c2c(c1-4)CC3. The molecule has 256 valence electrons. The van der Waals surface area contributed by atoms with Gasteiger partial charge in [0.2, 0.25) is 0 Å². The maximum absolute atomic E-state index is 2.67. The normalized spacial score (nSPS) is 17.7. The van der Waals surface area contributed by atoms with E-state index in [2.05, 4.69) is 179 Å². The minimum Gasteiger partial charge on any atom is -0.333 e. The first-order chi connectivity index (χ1) is 26.8. The lowest BCUT2D eigenvalue weighted by Gasteiger charge is -2.35. The fourth-order valence-corrected chi connectivity index (χ4v) is 10.4. The van der Waals surface area contributed by atoms with Crippen molar-refractivity contribution >= 4 is 38.8 Å². The summed E-state index contributed by atoms with van der Waals surface area (Å²) < 4.78 is 2.56. The van der Waals surface area contributed by atoms with Crippen molar-refractivity contribution in [2.75, 3.05) is 4.90 Å². The fraction of sp³-hybridized carbons (Fsp3) is 0.115. The van der Waals surface area contributed by atoms with E-state index in [1.807, 2.05) is 0 Å². The number of benzene rings is 7. The smallest absolute Gasteiger partial charge is 0.0630 e. The van der Waals surface area contributed by atoms with Crippen molar-refractivity contribution in [3.63, 3.8) is 0 Å². The van der Waals surface area contributed by atoms with Crippen LogP contribution in [0.4, 0.5) is 11.4 Å². The summed E-state index contributed by atoms with van der Waals surface area (Å²) in [6.07, 6.45) is 11.6. The van der Waals surface area contributed by atoms with Crippen molar-refractivity contribution in [3.8, 4) is 27.9 Å². The summed E-state index contributed by atoms with van der Waals surface area (Å²) in [5.41, 5.74) is 22.4. The summed E-state index contributed by atoms with van der Waals surface area (Å²) in [6.45, 7) is 0. The van der Waals surface area contributed by atoms with E-state index in [9.17, 15) is 0 Å². The summed E-state index contributed by atoms with van der Waals surface area (Å²) >= 11 is 0. The van der Waals surface area contributed by atoms with Crippen LogP contribution >= 0.6 is 0 Å². The van der Waals surface area contributed by atoms with Gasteiger partial charge in [0.05, 0.1) is 17.1 Å². The molecular formula is C52H38N2. The van der Waals surface area contributed by atoms with Gasteiger partial charge in [0.15, 0.2) is 0 Å². The van der Waals surface area contributed by atoms with Crippen LogP contribution in [0.25, 0.3) is 55.3 Å². The highest BCUT2D eigenvalue weighted by Gasteiger charge is 2.43. The molecule has 2 heterocycles. The highest BCUT2D eigenvalue weighted by molar-refractivity contribution is 6.14. The largest absolute Gasteiger partial charge is 0.333 e. The van der Waals surface area contributed by atoms with E-state index in [0.29, 0.717) is 5.92 Å². The van der Waals surface area contributed by atoms with Crippen molar-refractivity contribution in [2.45, 2.75) is 37.6 Å². The van der Waals surface area contributed by atoms with E-state index in [4.69, 9.17) is 0 Å². The third-order valence-corrected chi connectivity index (χ3v) is 12.6. The van der Waals surface area contributed by atoms with Crippen LogP contribution in [0.2, 0.25) is 0 Å². The second kappa shape index (κ2) is 11.6. The molecular weight excluding hydrogens is 653 g/mol. The van der Waals surface area contributed by atoms with E-state index < -0.39 is 0 Å². The standard InChI is InChI=1S/C52H38N2/c1-5-13-33(14-6-1)35-23-27-47-43(29-35)45-31-37-21-26-42-50-38(22-25-41(49(37)50)51(45)53(47)39-17-9-3-10-18-39)32-46-44-30-36(34-15-7-2-8-16-34)24-28-48(44)54(52(42)46)40-19-11-4-12-20-40/h1-20,23-24,27-32,43,47H,21-22,25-26H2. The van der Waals surface area contributed by atoms with Crippen LogP contribution in [-0.4, -0.2) is 10.6 Å². The molecule has 2 nitrogen and oxygen atoms in total. The molecule has 0 saturated carbocycles. The molecule has 0 bridgehead atoms. The lowest BCUT2D eigenvalue weighted by molar-refractivity contribution is 0.746. The minimum atomic E-state index is 0.248. The van der Waals surface area contributed by atoms with Crippen LogP contribution in [0.1, 0.15) is 39.3 Å². The molecule has 2 atom stereocenters. The van der Waals surface area contributed by atoms with Gasteiger partial charge in [0.25, 0.3) is 0 Å². The number of allylic oxidation sites excluding steroid dienone is 2. The Hall–Kier alpha value is -6.38. The number of para-hydroxylation sites is 2. The Morgan fingerprint density at radius 1 is 0.500 bits per heavy atom. The molecule has 0 spiro atoms. The van der Waals surface area contributed by atoms with Gasteiger partial charge >= 0.3 is 0 Å². The van der Waals surface area contributed by atoms with Crippen LogP contribution in [0.15, 0.2) is 170 Å². The molecule has 2 unspecified atom stereocenters. The number of hydrogen-bond donors (Lipinski definition) is 0. The summed E-state index contributed by atoms with van der Waals surface area (Å²) in [7, 11) is 0. The van der Waals surface area contributed by atoms with Gasteiger partial charge in [0, 0.05) is 33.8 Å². The van der Waals surface area contributed by atoms with Crippen LogP contribution in [0.3, 0.4) is 0 Å². The van der Waals surface area contributed by atoms with Gasteiger partial charge in [-0.25, -0.2) is 0 Å². The molecule has 0 radical (unpaired) electrons. The predicted molar refractivity (Wildman–Crippen MR) is 225 cm³/mol. The summed E-state index contributed by atoms with van der Waals surface area (Å²) in [4.78, 5) is 2.67. The van der Waals surface area contributed by atoms with Gasteiger partial charge < -0.3 is 9.47 Å². The lowest BCUT2D eigenvalue weighted by Crippen LogP contribution is -2.29. The van der Waals surface area contributed by atoms with E-state index in [-0.39, 0.29) is 6.04 Å². The molecule has 8 aromatic rings. The second-order valence-electron chi connectivity index (χ2n) is 15.5. The molecule has 0 N–H and O–H groups in total. The zero-order chi connectivity index (χ0) is 35.3. The zero-order valence-corrected chi connectivity index (χ0v) is 30.0.